The zero-order valence-corrected chi connectivity index (χ0v) is 9.05. The van der Waals surface area contributed by atoms with Crippen LogP contribution in [0.2, 0.25) is 0 Å². The SMILES string of the molecule is NC(=S)NNC(=O)/C=C/c1cccc(F)c1. The molecule has 0 fully saturated rings. The van der Waals surface area contributed by atoms with E-state index in [0.717, 1.165) is 0 Å². The predicted molar refractivity (Wildman–Crippen MR) is 63.5 cm³/mol. The third-order valence-corrected chi connectivity index (χ3v) is 1.69. The van der Waals surface area contributed by atoms with E-state index in [1.54, 1.807) is 12.1 Å². The second-order valence-electron chi connectivity index (χ2n) is 2.87. The van der Waals surface area contributed by atoms with Crippen LogP contribution in [-0.4, -0.2) is 11.0 Å². The fraction of sp³-hybridized carbons (Fsp3) is 0. The van der Waals surface area contributed by atoms with Crippen molar-refractivity contribution in [2.75, 3.05) is 0 Å². The topological polar surface area (TPSA) is 67.2 Å². The van der Waals surface area contributed by atoms with Crippen molar-refractivity contribution in [2.24, 2.45) is 5.73 Å². The van der Waals surface area contributed by atoms with Crippen LogP contribution in [0.15, 0.2) is 30.3 Å². The summed E-state index contributed by atoms with van der Waals surface area (Å²) in [6, 6.07) is 5.87. The summed E-state index contributed by atoms with van der Waals surface area (Å²) < 4.78 is 12.8. The first-order valence-electron chi connectivity index (χ1n) is 4.37. The van der Waals surface area contributed by atoms with Gasteiger partial charge in [0.1, 0.15) is 5.82 Å². The fourth-order valence-corrected chi connectivity index (χ4v) is 0.998. The molecule has 0 radical (unpaired) electrons. The van der Waals surface area contributed by atoms with Gasteiger partial charge in [0, 0.05) is 6.08 Å². The van der Waals surface area contributed by atoms with Crippen molar-refractivity contribution in [3.63, 3.8) is 0 Å². The van der Waals surface area contributed by atoms with E-state index in [9.17, 15) is 9.18 Å². The number of nitrogens with two attached hydrogens (primary N) is 1. The first-order chi connectivity index (χ1) is 7.58. The molecular weight excluding hydrogens is 229 g/mol. The Bertz CT molecular complexity index is 434. The van der Waals surface area contributed by atoms with E-state index in [2.05, 4.69) is 23.1 Å². The lowest BCUT2D eigenvalue weighted by Gasteiger charge is -2.02. The zero-order valence-electron chi connectivity index (χ0n) is 8.24. The summed E-state index contributed by atoms with van der Waals surface area (Å²) in [6.45, 7) is 0. The van der Waals surface area contributed by atoms with E-state index in [4.69, 9.17) is 5.73 Å². The molecule has 0 spiro atoms. The standard InChI is InChI=1S/C10H10FN3OS/c11-8-3-1-2-7(6-8)4-5-9(15)13-14-10(12)16/h1-6H,(H,13,15)(H3,12,14,16)/b5-4+. The lowest BCUT2D eigenvalue weighted by Crippen LogP contribution is -2.43. The largest absolute Gasteiger partial charge is 0.375 e. The monoisotopic (exact) mass is 239 g/mol. The highest BCUT2D eigenvalue weighted by Crippen LogP contribution is 2.04. The Labute approximate surface area is 97.3 Å². The second-order valence-corrected chi connectivity index (χ2v) is 3.31. The number of hydrazine groups is 1. The molecule has 0 bridgehead atoms. The highest BCUT2D eigenvalue weighted by atomic mass is 32.1. The number of halogens is 1. The number of thiocarbonyl (C=S) groups is 1. The lowest BCUT2D eigenvalue weighted by molar-refractivity contribution is -0.116. The average molecular weight is 239 g/mol. The van der Waals surface area contributed by atoms with E-state index in [-0.39, 0.29) is 10.9 Å². The summed E-state index contributed by atoms with van der Waals surface area (Å²) in [5.41, 5.74) is 10.2. The fourth-order valence-electron chi connectivity index (χ4n) is 0.947. The Hall–Kier alpha value is -1.95. The van der Waals surface area contributed by atoms with Crippen LogP contribution in [0.3, 0.4) is 0 Å². The van der Waals surface area contributed by atoms with Gasteiger partial charge in [-0.3, -0.25) is 15.6 Å². The summed E-state index contributed by atoms with van der Waals surface area (Å²) in [5.74, 6) is -0.791. The average Bonchev–Trinajstić information content (AvgIpc) is 2.23. The van der Waals surface area contributed by atoms with Gasteiger partial charge in [0.05, 0.1) is 0 Å². The summed E-state index contributed by atoms with van der Waals surface area (Å²) >= 11 is 4.49. The van der Waals surface area contributed by atoms with Gasteiger partial charge in [0.2, 0.25) is 0 Å². The predicted octanol–water partition coefficient (Wildman–Crippen LogP) is 0.703. The molecule has 4 nitrogen and oxygen atoms in total. The molecule has 0 aliphatic carbocycles. The van der Waals surface area contributed by atoms with E-state index in [1.165, 1.54) is 24.3 Å². The number of carbonyl (C=O) groups is 1. The van der Waals surface area contributed by atoms with Crippen molar-refractivity contribution in [2.45, 2.75) is 0 Å². The minimum atomic E-state index is -0.433. The molecule has 0 aliphatic heterocycles. The van der Waals surface area contributed by atoms with E-state index in [1.807, 2.05) is 0 Å². The van der Waals surface area contributed by atoms with E-state index in [0.29, 0.717) is 5.56 Å². The number of hydrogen-bond acceptors (Lipinski definition) is 2. The molecular formula is C10H10FN3OS. The molecule has 0 aromatic heterocycles. The van der Waals surface area contributed by atoms with Crippen molar-refractivity contribution in [3.05, 3.63) is 41.7 Å². The Morgan fingerprint density at radius 2 is 2.19 bits per heavy atom. The zero-order chi connectivity index (χ0) is 12.0. The molecule has 84 valence electrons. The Kier molecular flexibility index (Phi) is 4.41. The maximum Gasteiger partial charge on any atom is 0.262 e. The van der Waals surface area contributed by atoms with Crippen LogP contribution in [0.4, 0.5) is 4.39 Å². The number of amides is 1. The molecule has 0 heterocycles. The van der Waals surface area contributed by atoms with Crippen LogP contribution in [0.5, 0.6) is 0 Å². The highest BCUT2D eigenvalue weighted by Gasteiger charge is 1.95. The first-order valence-corrected chi connectivity index (χ1v) is 4.78. The van der Waals surface area contributed by atoms with Gasteiger partial charge >= 0.3 is 0 Å². The summed E-state index contributed by atoms with van der Waals surface area (Å²) in [6.07, 6.45) is 2.71. The smallest absolute Gasteiger partial charge is 0.262 e. The molecule has 0 saturated carbocycles. The maximum atomic E-state index is 12.8. The molecule has 0 saturated heterocycles. The maximum absolute atomic E-state index is 12.8. The molecule has 4 N–H and O–H groups in total. The van der Waals surface area contributed by atoms with Gasteiger partial charge in [0.25, 0.3) is 5.91 Å². The van der Waals surface area contributed by atoms with Crippen LogP contribution in [-0.2, 0) is 4.79 Å². The number of nitrogens with one attached hydrogen (secondary N) is 2. The highest BCUT2D eigenvalue weighted by molar-refractivity contribution is 7.80. The van der Waals surface area contributed by atoms with Crippen molar-refractivity contribution < 1.29 is 9.18 Å². The van der Waals surface area contributed by atoms with E-state index < -0.39 is 5.91 Å². The van der Waals surface area contributed by atoms with Gasteiger partial charge in [-0.15, -0.1) is 0 Å². The summed E-state index contributed by atoms with van der Waals surface area (Å²) in [4.78, 5) is 11.1. The van der Waals surface area contributed by atoms with Gasteiger partial charge in [-0.05, 0) is 36.0 Å². The molecule has 6 heteroatoms. The molecule has 1 amide bonds. The summed E-state index contributed by atoms with van der Waals surface area (Å²) in [5, 5.41) is -0.0347. The molecule has 0 unspecified atom stereocenters. The van der Waals surface area contributed by atoms with Gasteiger partial charge in [-0.25, -0.2) is 4.39 Å². The quantitative estimate of drug-likeness (QED) is 0.404. The molecule has 0 atom stereocenters. The Balaban J connectivity index is 2.53. The minimum absolute atomic E-state index is 0.0347. The Morgan fingerprint density at radius 3 is 2.81 bits per heavy atom. The van der Waals surface area contributed by atoms with Crippen LogP contribution in [0.25, 0.3) is 6.08 Å². The van der Waals surface area contributed by atoms with Gasteiger partial charge in [-0.2, -0.15) is 0 Å². The second kappa shape index (κ2) is 5.82. The van der Waals surface area contributed by atoms with Crippen molar-refractivity contribution in [1.82, 2.24) is 10.9 Å². The first kappa shape index (κ1) is 12.1. The number of benzene rings is 1. The number of carbonyl (C=O) groups excluding carboxylic acids is 1. The van der Waals surface area contributed by atoms with Crippen molar-refractivity contribution >= 4 is 29.3 Å². The molecule has 1 aromatic carbocycles. The number of rotatable bonds is 2. The minimum Gasteiger partial charge on any atom is -0.375 e. The Morgan fingerprint density at radius 1 is 1.44 bits per heavy atom. The van der Waals surface area contributed by atoms with Gasteiger partial charge in [-0.1, -0.05) is 12.1 Å². The molecule has 1 rings (SSSR count). The normalized spacial score (nSPS) is 10.1. The van der Waals surface area contributed by atoms with Crippen LogP contribution < -0.4 is 16.6 Å². The van der Waals surface area contributed by atoms with Crippen LogP contribution in [0, 0.1) is 5.82 Å². The van der Waals surface area contributed by atoms with Crippen molar-refractivity contribution in [1.29, 1.82) is 0 Å². The third kappa shape index (κ3) is 4.52. The van der Waals surface area contributed by atoms with Crippen LogP contribution in [0.1, 0.15) is 5.56 Å². The molecule has 1 aromatic rings. The third-order valence-electron chi connectivity index (χ3n) is 1.58. The van der Waals surface area contributed by atoms with Gasteiger partial charge in [0.15, 0.2) is 5.11 Å². The number of hydrogen-bond donors (Lipinski definition) is 3. The van der Waals surface area contributed by atoms with Gasteiger partial charge < -0.3 is 5.73 Å². The summed E-state index contributed by atoms with van der Waals surface area (Å²) in [7, 11) is 0. The van der Waals surface area contributed by atoms with E-state index >= 15 is 0 Å². The molecule has 16 heavy (non-hydrogen) atoms. The lowest BCUT2D eigenvalue weighted by atomic mass is 10.2. The molecule has 0 aliphatic rings. The van der Waals surface area contributed by atoms with Crippen LogP contribution >= 0.6 is 12.2 Å². The van der Waals surface area contributed by atoms with Crippen molar-refractivity contribution in [3.8, 4) is 0 Å².